The first kappa shape index (κ1) is 8.75. The molecule has 3 aromatic heterocycles. The Kier molecular flexibility index (Phi) is 1.47. The molecule has 0 aliphatic carbocycles. The molecule has 0 atom stereocenters. The molecule has 3 heterocycles. The summed E-state index contributed by atoms with van der Waals surface area (Å²) in [5, 5.41) is 1.14. The van der Waals surface area contributed by atoms with Crippen molar-refractivity contribution < 1.29 is 0 Å². The Morgan fingerprint density at radius 3 is 2.94 bits per heavy atom. The third-order valence-electron chi connectivity index (χ3n) is 3.07. The average Bonchev–Trinajstić information content (AvgIpc) is 2.84. The van der Waals surface area contributed by atoms with Crippen LogP contribution < -0.4 is 0 Å². The van der Waals surface area contributed by atoms with Crippen LogP contribution >= 0.6 is 0 Å². The summed E-state index contributed by atoms with van der Waals surface area (Å²) in [6.45, 7) is 1.97. The lowest BCUT2D eigenvalue weighted by atomic mass is 10.2. The number of fused-ring (bicyclic) bond motifs is 5. The van der Waals surface area contributed by atoms with E-state index in [9.17, 15) is 0 Å². The van der Waals surface area contributed by atoms with E-state index < -0.39 is 0 Å². The van der Waals surface area contributed by atoms with Crippen LogP contribution in [0.2, 0.25) is 0 Å². The van der Waals surface area contributed by atoms with Crippen molar-refractivity contribution in [3.05, 3.63) is 42.2 Å². The molecule has 0 saturated carbocycles. The van der Waals surface area contributed by atoms with E-state index in [1.54, 1.807) is 0 Å². The van der Waals surface area contributed by atoms with Crippen molar-refractivity contribution in [3.63, 3.8) is 0 Å². The Bertz CT molecular complexity index is 854. The summed E-state index contributed by atoms with van der Waals surface area (Å²) in [4.78, 5) is 12.4. The normalized spacial score (nSPS) is 11.8. The molecular weight excluding hydrogens is 212 g/mol. The van der Waals surface area contributed by atoms with Crippen molar-refractivity contribution in [3.8, 4) is 0 Å². The van der Waals surface area contributed by atoms with Gasteiger partial charge < -0.3 is 4.98 Å². The number of imidazole rings is 1. The number of nitrogens with zero attached hydrogens (tertiary/aromatic N) is 3. The number of H-pyrrole nitrogens is 1. The average molecular weight is 222 g/mol. The van der Waals surface area contributed by atoms with Crippen LogP contribution in [0.5, 0.6) is 0 Å². The molecule has 0 radical (unpaired) electrons. The van der Waals surface area contributed by atoms with Gasteiger partial charge in [0.15, 0.2) is 0 Å². The number of hydrogen-bond acceptors (Lipinski definition) is 2. The first-order chi connectivity index (χ1) is 8.33. The lowest BCUT2D eigenvalue weighted by Crippen LogP contribution is -1.90. The smallest absolute Gasteiger partial charge is 0.236 e. The van der Waals surface area contributed by atoms with Crippen LogP contribution in [0.4, 0.5) is 0 Å². The Balaban J connectivity index is 2.29. The second-order valence-corrected chi connectivity index (χ2v) is 4.22. The molecule has 0 unspecified atom stereocenters. The van der Waals surface area contributed by atoms with Crippen LogP contribution in [0.25, 0.3) is 27.8 Å². The maximum Gasteiger partial charge on any atom is 0.236 e. The Morgan fingerprint density at radius 1 is 1.12 bits per heavy atom. The highest BCUT2D eigenvalue weighted by Crippen LogP contribution is 2.24. The number of aromatic nitrogens is 4. The second-order valence-electron chi connectivity index (χ2n) is 4.22. The van der Waals surface area contributed by atoms with Crippen molar-refractivity contribution in [1.29, 1.82) is 0 Å². The predicted octanol–water partition coefficient (Wildman–Crippen LogP) is 2.67. The molecule has 0 fully saturated rings. The Labute approximate surface area is 96.9 Å². The van der Waals surface area contributed by atoms with Crippen LogP contribution in [0.15, 0.2) is 36.5 Å². The number of nitrogens with one attached hydrogen (secondary N) is 1. The zero-order valence-electron chi connectivity index (χ0n) is 9.31. The topological polar surface area (TPSA) is 46.0 Å². The van der Waals surface area contributed by atoms with Gasteiger partial charge in [0.25, 0.3) is 0 Å². The first-order valence-corrected chi connectivity index (χ1v) is 5.55. The molecule has 0 saturated heterocycles. The minimum Gasteiger partial charge on any atom is -0.339 e. The number of hydrogen-bond donors (Lipinski definition) is 1. The van der Waals surface area contributed by atoms with E-state index in [-0.39, 0.29) is 0 Å². The molecule has 0 spiro atoms. The third-order valence-corrected chi connectivity index (χ3v) is 3.07. The summed E-state index contributed by atoms with van der Waals surface area (Å²) in [6.07, 6.45) is 2.00. The zero-order valence-corrected chi connectivity index (χ0v) is 9.31. The third kappa shape index (κ3) is 1.07. The van der Waals surface area contributed by atoms with E-state index in [2.05, 4.69) is 27.1 Å². The fourth-order valence-electron chi connectivity index (χ4n) is 2.25. The number of para-hydroxylation sites is 1. The summed E-state index contributed by atoms with van der Waals surface area (Å²) in [5.41, 5.74) is 4.09. The largest absolute Gasteiger partial charge is 0.339 e. The minimum atomic E-state index is 0.747. The number of benzene rings is 1. The summed E-state index contributed by atoms with van der Waals surface area (Å²) in [5.74, 6) is 0.747. The van der Waals surface area contributed by atoms with Gasteiger partial charge in [-0.2, -0.15) is 0 Å². The van der Waals surface area contributed by atoms with E-state index in [0.29, 0.717) is 0 Å². The van der Waals surface area contributed by atoms with Gasteiger partial charge in [-0.15, -0.1) is 0 Å². The monoisotopic (exact) mass is 222 g/mol. The molecule has 4 aromatic rings. The number of rotatable bonds is 0. The van der Waals surface area contributed by atoms with Crippen LogP contribution in [0.1, 0.15) is 5.69 Å². The quantitative estimate of drug-likeness (QED) is 0.497. The summed E-state index contributed by atoms with van der Waals surface area (Å²) < 4.78 is 1.99. The molecular formula is C13H10N4. The SMILES string of the molecule is Cc1ccn2c(n1)nc1c3ccccc3[nH]c12. The lowest BCUT2D eigenvalue weighted by molar-refractivity contribution is 1.08. The molecule has 0 amide bonds. The van der Waals surface area contributed by atoms with Gasteiger partial charge in [0.1, 0.15) is 11.2 Å². The van der Waals surface area contributed by atoms with Crippen molar-refractivity contribution in [2.75, 3.05) is 0 Å². The van der Waals surface area contributed by atoms with Crippen molar-refractivity contribution >= 4 is 27.8 Å². The molecule has 4 nitrogen and oxygen atoms in total. The number of aromatic amines is 1. The van der Waals surface area contributed by atoms with Crippen LogP contribution in [0, 0.1) is 6.92 Å². The van der Waals surface area contributed by atoms with Crippen molar-refractivity contribution in [1.82, 2.24) is 19.4 Å². The van der Waals surface area contributed by atoms with Gasteiger partial charge in [-0.1, -0.05) is 18.2 Å². The molecule has 0 aliphatic rings. The highest BCUT2D eigenvalue weighted by atomic mass is 15.1. The second kappa shape index (κ2) is 2.85. The van der Waals surface area contributed by atoms with Crippen LogP contribution in [-0.4, -0.2) is 19.4 Å². The van der Waals surface area contributed by atoms with Gasteiger partial charge in [-0.05, 0) is 19.1 Å². The molecule has 4 rings (SSSR count). The molecule has 0 aliphatic heterocycles. The molecule has 17 heavy (non-hydrogen) atoms. The van der Waals surface area contributed by atoms with E-state index >= 15 is 0 Å². The molecule has 1 N–H and O–H groups in total. The summed E-state index contributed by atoms with van der Waals surface area (Å²) >= 11 is 0. The van der Waals surface area contributed by atoms with Crippen LogP contribution in [0.3, 0.4) is 0 Å². The van der Waals surface area contributed by atoms with Gasteiger partial charge in [-0.3, -0.25) is 4.40 Å². The van der Waals surface area contributed by atoms with E-state index in [1.165, 1.54) is 0 Å². The predicted molar refractivity (Wildman–Crippen MR) is 67.1 cm³/mol. The number of aryl methyl sites for hydroxylation is 1. The molecule has 1 aromatic carbocycles. The highest BCUT2D eigenvalue weighted by molar-refractivity contribution is 6.04. The van der Waals surface area contributed by atoms with Gasteiger partial charge >= 0.3 is 0 Å². The van der Waals surface area contributed by atoms with Crippen molar-refractivity contribution in [2.45, 2.75) is 6.92 Å². The fraction of sp³-hybridized carbons (Fsp3) is 0.0769. The summed E-state index contributed by atoms with van der Waals surface area (Å²) in [6, 6.07) is 10.2. The van der Waals surface area contributed by atoms with Gasteiger partial charge in [0, 0.05) is 22.8 Å². The Morgan fingerprint density at radius 2 is 2.00 bits per heavy atom. The van der Waals surface area contributed by atoms with Crippen molar-refractivity contribution in [2.24, 2.45) is 0 Å². The van der Waals surface area contributed by atoms with Crippen LogP contribution in [-0.2, 0) is 0 Å². The summed E-state index contributed by atoms with van der Waals surface area (Å²) in [7, 11) is 0. The minimum absolute atomic E-state index is 0.747. The molecule has 4 heteroatoms. The van der Waals surface area contributed by atoms with Gasteiger partial charge in [0.2, 0.25) is 5.78 Å². The highest BCUT2D eigenvalue weighted by Gasteiger charge is 2.11. The fourth-order valence-corrected chi connectivity index (χ4v) is 2.25. The van der Waals surface area contributed by atoms with Gasteiger partial charge in [-0.25, -0.2) is 9.97 Å². The van der Waals surface area contributed by atoms with E-state index in [1.807, 2.05) is 35.7 Å². The Hall–Kier alpha value is -2.36. The van der Waals surface area contributed by atoms with Gasteiger partial charge in [0.05, 0.1) is 0 Å². The maximum atomic E-state index is 4.58. The molecule has 82 valence electrons. The van der Waals surface area contributed by atoms with E-state index in [4.69, 9.17) is 0 Å². The molecule has 0 bridgehead atoms. The van der Waals surface area contributed by atoms with E-state index in [0.717, 1.165) is 33.5 Å². The maximum absolute atomic E-state index is 4.58. The first-order valence-electron chi connectivity index (χ1n) is 5.55. The standard InChI is InChI=1S/C13H10N4/c1-8-6-7-17-12-11(16-13(17)14-8)9-4-2-3-5-10(9)15-12/h2-7,15H,1H3. The lowest BCUT2D eigenvalue weighted by Gasteiger charge is -1.94. The zero-order chi connectivity index (χ0) is 11.4.